The van der Waals surface area contributed by atoms with Gasteiger partial charge in [0.1, 0.15) is 0 Å². The molecule has 5 heteroatoms. The largest absolute Gasteiger partial charge is 0.394 e. The second-order valence-corrected chi connectivity index (χ2v) is 4.17. The molecule has 1 aliphatic rings. The fourth-order valence-corrected chi connectivity index (χ4v) is 1.71. The van der Waals surface area contributed by atoms with Gasteiger partial charge < -0.3 is 20.3 Å². The molecule has 0 saturated carbocycles. The minimum Gasteiger partial charge on any atom is -0.394 e. The highest BCUT2D eigenvalue weighted by Gasteiger charge is 2.15. The molecule has 94 valence electrons. The topological polar surface area (TPSA) is 78.8 Å². The minimum atomic E-state index is -0.866. The fourth-order valence-electron chi connectivity index (χ4n) is 1.71. The van der Waals surface area contributed by atoms with Crippen LogP contribution in [0.3, 0.4) is 0 Å². The zero-order valence-corrected chi connectivity index (χ0v) is 9.52. The molecule has 0 aliphatic carbocycles. The summed E-state index contributed by atoms with van der Waals surface area (Å²) < 4.78 is 5.51. The molecule has 1 amide bonds. The predicted octanol–water partition coefficient (Wildman–Crippen LogP) is -0.195. The molecule has 1 heterocycles. The van der Waals surface area contributed by atoms with Crippen molar-refractivity contribution in [1.82, 2.24) is 5.32 Å². The number of hydrogen-bond acceptors (Lipinski definition) is 4. The van der Waals surface area contributed by atoms with Crippen LogP contribution in [0.5, 0.6) is 0 Å². The summed E-state index contributed by atoms with van der Waals surface area (Å²) in [6.07, 6.45) is 3.83. The average molecular weight is 231 g/mol. The van der Waals surface area contributed by atoms with Gasteiger partial charge in [0.15, 0.2) is 0 Å². The summed E-state index contributed by atoms with van der Waals surface area (Å²) in [5.74, 6) is -0.0957. The van der Waals surface area contributed by atoms with Crippen molar-refractivity contribution in [2.45, 2.75) is 44.3 Å². The van der Waals surface area contributed by atoms with Crippen LogP contribution in [0.1, 0.15) is 32.1 Å². The van der Waals surface area contributed by atoms with Gasteiger partial charge >= 0.3 is 0 Å². The molecule has 1 fully saturated rings. The van der Waals surface area contributed by atoms with Crippen LogP contribution in [0, 0.1) is 0 Å². The third-order valence-corrected chi connectivity index (χ3v) is 2.71. The maximum Gasteiger partial charge on any atom is 0.220 e. The number of carbonyl (C=O) groups is 1. The van der Waals surface area contributed by atoms with Crippen LogP contribution in [0.4, 0.5) is 0 Å². The van der Waals surface area contributed by atoms with Crippen molar-refractivity contribution in [3.63, 3.8) is 0 Å². The monoisotopic (exact) mass is 231 g/mol. The van der Waals surface area contributed by atoms with Crippen LogP contribution >= 0.6 is 0 Å². The van der Waals surface area contributed by atoms with Crippen molar-refractivity contribution in [2.75, 3.05) is 19.8 Å². The Morgan fingerprint density at radius 1 is 1.50 bits per heavy atom. The third kappa shape index (κ3) is 5.44. The van der Waals surface area contributed by atoms with Crippen LogP contribution in [-0.4, -0.2) is 48.1 Å². The predicted molar refractivity (Wildman–Crippen MR) is 58.9 cm³/mol. The molecule has 0 aromatic carbocycles. The highest BCUT2D eigenvalue weighted by atomic mass is 16.5. The van der Waals surface area contributed by atoms with E-state index in [-0.39, 0.29) is 25.2 Å². The Morgan fingerprint density at radius 3 is 2.94 bits per heavy atom. The van der Waals surface area contributed by atoms with E-state index in [1.54, 1.807) is 0 Å². The summed E-state index contributed by atoms with van der Waals surface area (Å²) in [6, 6.07) is 0. The van der Waals surface area contributed by atoms with Gasteiger partial charge in [-0.1, -0.05) is 0 Å². The first kappa shape index (κ1) is 13.4. The number of ether oxygens (including phenoxy) is 1. The number of amides is 1. The van der Waals surface area contributed by atoms with E-state index in [0.29, 0.717) is 6.42 Å². The van der Waals surface area contributed by atoms with Crippen LogP contribution in [0.15, 0.2) is 0 Å². The zero-order chi connectivity index (χ0) is 11.8. The number of rotatable bonds is 6. The molecule has 0 spiro atoms. The minimum absolute atomic E-state index is 0.0957. The molecule has 3 N–H and O–H groups in total. The summed E-state index contributed by atoms with van der Waals surface area (Å²) in [4.78, 5) is 11.3. The van der Waals surface area contributed by atoms with Gasteiger partial charge in [-0.25, -0.2) is 0 Å². The van der Waals surface area contributed by atoms with Gasteiger partial charge in [-0.15, -0.1) is 0 Å². The first-order valence-corrected chi connectivity index (χ1v) is 5.89. The van der Waals surface area contributed by atoms with Crippen molar-refractivity contribution < 1.29 is 19.7 Å². The Balaban J connectivity index is 2.05. The molecule has 2 unspecified atom stereocenters. The highest BCUT2D eigenvalue weighted by molar-refractivity contribution is 5.75. The maximum atomic E-state index is 11.3. The van der Waals surface area contributed by atoms with Crippen LogP contribution in [0.2, 0.25) is 0 Å². The Morgan fingerprint density at radius 2 is 2.31 bits per heavy atom. The van der Waals surface area contributed by atoms with Crippen molar-refractivity contribution in [3.05, 3.63) is 0 Å². The normalized spacial score (nSPS) is 22.8. The van der Waals surface area contributed by atoms with E-state index in [1.165, 1.54) is 6.42 Å². The van der Waals surface area contributed by atoms with Crippen molar-refractivity contribution in [1.29, 1.82) is 0 Å². The summed E-state index contributed by atoms with van der Waals surface area (Å²) in [7, 11) is 0. The summed E-state index contributed by atoms with van der Waals surface area (Å²) in [5.41, 5.74) is 0. The summed E-state index contributed by atoms with van der Waals surface area (Å²) in [5, 5.41) is 20.2. The zero-order valence-electron chi connectivity index (χ0n) is 9.52. The lowest BCUT2D eigenvalue weighted by Crippen LogP contribution is -2.34. The molecule has 1 rings (SSSR count). The molecule has 0 aromatic rings. The van der Waals surface area contributed by atoms with Gasteiger partial charge in [-0.05, 0) is 25.7 Å². The molecule has 2 atom stereocenters. The van der Waals surface area contributed by atoms with Gasteiger partial charge in [0.25, 0.3) is 0 Å². The second kappa shape index (κ2) is 7.60. The van der Waals surface area contributed by atoms with E-state index >= 15 is 0 Å². The molecule has 0 aromatic heterocycles. The summed E-state index contributed by atoms with van der Waals surface area (Å²) >= 11 is 0. The van der Waals surface area contributed by atoms with Crippen molar-refractivity contribution in [3.8, 4) is 0 Å². The Hall–Kier alpha value is -0.650. The molecule has 1 aliphatic heterocycles. The highest BCUT2D eigenvalue weighted by Crippen LogP contribution is 2.16. The van der Waals surface area contributed by atoms with E-state index in [9.17, 15) is 4.79 Å². The number of carbonyl (C=O) groups excluding carboxylic acids is 1. The van der Waals surface area contributed by atoms with E-state index in [4.69, 9.17) is 14.9 Å². The lowest BCUT2D eigenvalue weighted by atomic mass is 10.0. The first-order chi connectivity index (χ1) is 7.72. The Bertz CT molecular complexity index is 204. The van der Waals surface area contributed by atoms with Crippen LogP contribution in [-0.2, 0) is 9.53 Å². The molecule has 0 radical (unpaired) electrons. The van der Waals surface area contributed by atoms with E-state index in [1.807, 2.05) is 0 Å². The summed E-state index contributed by atoms with van der Waals surface area (Å²) in [6.45, 7) is 0.586. The number of aliphatic hydroxyl groups is 2. The maximum absolute atomic E-state index is 11.3. The van der Waals surface area contributed by atoms with E-state index in [2.05, 4.69) is 5.32 Å². The molecule has 0 bridgehead atoms. The van der Waals surface area contributed by atoms with Gasteiger partial charge in [-0.3, -0.25) is 4.79 Å². The fraction of sp³-hybridized carbons (Fsp3) is 0.909. The van der Waals surface area contributed by atoms with Gasteiger partial charge in [-0.2, -0.15) is 0 Å². The van der Waals surface area contributed by atoms with Gasteiger partial charge in [0.05, 0.1) is 18.8 Å². The Kier molecular flexibility index (Phi) is 6.37. The molecule has 16 heavy (non-hydrogen) atoms. The standard InChI is InChI=1S/C11H21NO4/c13-8-9(14)7-12-11(15)5-4-10-3-1-2-6-16-10/h9-10,13-14H,1-8H2,(H,12,15). The lowest BCUT2D eigenvalue weighted by Gasteiger charge is -2.22. The van der Waals surface area contributed by atoms with Crippen molar-refractivity contribution in [2.24, 2.45) is 0 Å². The smallest absolute Gasteiger partial charge is 0.220 e. The quantitative estimate of drug-likeness (QED) is 0.592. The first-order valence-electron chi connectivity index (χ1n) is 5.89. The van der Waals surface area contributed by atoms with Crippen molar-refractivity contribution >= 4 is 5.91 Å². The third-order valence-electron chi connectivity index (χ3n) is 2.71. The number of nitrogens with one attached hydrogen (secondary N) is 1. The molecular weight excluding hydrogens is 210 g/mol. The van der Waals surface area contributed by atoms with E-state index < -0.39 is 6.10 Å². The Labute approximate surface area is 95.8 Å². The van der Waals surface area contributed by atoms with Crippen LogP contribution in [0.25, 0.3) is 0 Å². The SMILES string of the molecule is O=C(CCC1CCCCO1)NCC(O)CO. The average Bonchev–Trinajstić information content (AvgIpc) is 2.34. The van der Waals surface area contributed by atoms with Crippen LogP contribution < -0.4 is 5.32 Å². The number of aliphatic hydroxyl groups excluding tert-OH is 2. The molecule has 1 saturated heterocycles. The number of hydrogen-bond donors (Lipinski definition) is 3. The van der Waals surface area contributed by atoms with Gasteiger partial charge in [0.2, 0.25) is 5.91 Å². The molecule has 5 nitrogen and oxygen atoms in total. The molecular formula is C11H21NO4. The van der Waals surface area contributed by atoms with E-state index in [0.717, 1.165) is 25.9 Å². The second-order valence-electron chi connectivity index (χ2n) is 4.17. The lowest BCUT2D eigenvalue weighted by molar-refractivity contribution is -0.122. The van der Waals surface area contributed by atoms with Gasteiger partial charge in [0, 0.05) is 19.6 Å².